The first-order chi connectivity index (χ1) is 14.2. The Bertz CT molecular complexity index is 731. The molecule has 6 heteroatoms. The molecule has 6 nitrogen and oxygen atoms in total. The Morgan fingerprint density at radius 1 is 1.23 bits per heavy atom. The Balaban J connectivity index is 1.45. The van der Waals surface area contributed by atoms with Crippen molar-refractivity contribution < 1.29 is 19.4 Å². The molecule has 30 heavy (non-hydrogen) atoms. The number of hydrogen-bond acceptors (Lipinski definition) is 4. The van der Waals surface area contributed by atoms with Crippen molar-refractivity contribution in [2.75, 3.05) is 13.1 Å². The number of benzene rings is 1. The van der Waals surface area contributed by atoms with Gasteiger partial charge in [0.1, 0.15) is 11.9 Å². The van der Waals surface area contributed by atoms with Gasteiger partial charge in [-0.15, -0.1) is 0 Å². The maximum atomic E-state index is 12.6. The fourth-order valence-corrected chi connectivity index (χ4v) is 3.91. The average molecular weight is 417 g/mol. The predicted octanol–water partition coefficient (Wildman–Crippen LogP) is 3.53. The molecule has 166 valence electrons. The summed E-state index contributed by atoms with van der Waals surface area (Å²) in [4.78, 5) is 26.7. The van der Waals surface area contributed by atoms with E-state index in [-0.39, 0.29) is 24.0 Å². The first-order valence-electron chi connectivity index (χ1n) is 11.3. The largest absolute Gasteiger partial charge is 0.490 e. The first-order valence-corrected chi connectivity index (χ1v) is 11.3. The number of likely N-dealkylation sites (tertiary alicyclic amines) is 1. The Morgan fingerprint density at radius 3 is 2.57 bits per heavy atom. The van der Waals surface area contributed by atoms with Gasteiger partial charge in [0, 0.05) is 43.5 Å². The van der Waals surface area contributed by atoms with Crippen LogP contribution in [-0.2, 0) is 4.79 Å². The van der Waals surface area contributed by atoms with E-state index in [0.717, 1.165) is 51.6 Å². The van der Waals surface area contributed by atoms with Crippen LogP contribution in [0.25, 0.3) is 0 Å². The van der Waals surface area contributed by atoms with E-state index in [1.807, 2.05) is 24.0 Å². The average Bonchev–Trinajstić information content (AvgIpc) is 3.52. The van der Waals surface area contributed by atoms with E-state index in [9.17, 15) is 14.7 Å². The Hall–Kier alpha value is -2.08. The maximum Gasteiger partial charge on any atom is 0.251 e. The lowest BCUT2D eigenvalue weighted by atomic mass is 9.99. The zero-order chi connectivity index (χ0) is 21.7. The van der Waals surface area contributed by atoms with Gasteiger partial charge < -0.3 is 20.1 Å². The van der Waals surface area contributed by atoms with Gasteiger partial charge in [0.05, 0.1) is 5.60 Å². The van der Waals surface area contributed by atoms with Crippen LogP contribution in [0.15, 0.2) is 24.3 Å². The Morgan fingerprint density at radius 2 is 1.93 bits per heavy atom. The van der Waals surface area contributed by atoms with Gasteiger partial charge in [-0.3, -0.25) is 9.59 Å². The molecule has 1 aromatic carbocycles. The third-order valence-electron chi connectivity index (χ3n) is 5.88. The SMILES string of the molecule is C[C@@H](CCCC(C)(C)O)NC(=O)c1cccc(OC2CCN(C(=O)C3CC3)CC2)c1. The molecular weight excluding hydrogens is 380 g/mol. The number of rotatable bonds is 9. The molecule has 1 atom stereocenters. The number of piperidine rings is 1. The summed E-state index contributed by atoms with van der Waals surface area (Å²) < 4.78 is 6.11. The molecule has 0 unspecified atom stereocenters. The van der Waals surface area contributed by atoms with Crippen molar-refractivity contribution in [1.82, 2.24) is 10.2 Å². The van der Waals surface area contributed by atoms with E-state index in [1.165, 1.54) is 0 Å². The van der Waals surface area contributed by atoms with Gasteiger partial charge in [-0.05, 0) is 71.1 Å². The molecule has 2 aliphatic rings. The van der Waals surface area contributed by atoms with Crippen molar-refractivity contribution in [3.05, 3.63) is 29.8 Å². The summed E-state index contributed by atoms with van der Waals surface area (Å²) in [5.74, 6) is 1.17. The number of nitrogens with one attached hydrogen (secondary N) is 1. The molecule has 2 N–H and O–H groups in total. The summed E-state index contributed by atoms with van der Waals surface area (Å²) in [5, 5.41) is 12.8. The van der Waals surface area contributed by atoms with Crippen molar-refractivity contribution in [2.24, 2.45) is 5.92 Å². The zero-order valence-electron chi connectivity index (χ0n) is 18.5. The van der Waals surface area contributed by atoms with Gasteiger partial charge in [0.15, 0.2) is 0 Å². The standard InChI is InChI=1S/C24H36N2O4/c1-17(6-5-13-24(2,3)29)25-22(27)19-7-4-8-21(16-19)30-20-11-14-26(15-12-20)23(28)18-9-10-18/h4,7-8,16-18,20,29H,5-6,9-15H2,1-3H3,(H,25,27)/t17-/m0/s1. The lowest BCUT2D eigenvalue weighted by molar-refractivity contribution is -0.134. The van der Waals surface area contributed by atoms with Gasteiger partial charge in [0.25, 0.3) is 5.91 Å². The molecule has 1 aromatic rings. The Kier molecular flexibility index (Phi) is 7.40. The molecule has 1 aliphatic carbocycles. The molecule has 2 amide bonds. The van der Waals surface area contributed by atoms with E-state index in [1.54, 1.807) is 26.0 Å². The van der Waals surface area contributed by atoms with Gasteiger partial charge in [-0.1, -0.05) is 6.07 Å². The third kappa shape index (κ3) is 7.01. The normalized spacial score (nSPS) is 18.7. The molecule has 1 saturated carbocycles. The van der Waals surface area contributed by atoms with Gasteiger partial charge in [-0.25, -0.2) is 0 Å². The summed E-state index contributed by atoms with van der Waals surface area (Å²) in [6.07, 6.45) is 6.21. The second-order valence-corrected chi connectivity index (χ2v) is 9.52. The molecule has 1 saturated heterocycles. The number of carbonyl (C=O) groups is 2. The molecule has 0 radical (unpaired) electrons. The van der Waals surface area contributed by atoms with Gasteiger partial charge in [-0.2, -0.15) is 0 Å². The van der Waals surface area contributed by atoms with E-state index < -0.39 is 5.60 Å². The fourth-order valence-electron chi connectivity index (χ4n) is 3.91. The van der Waals surface area contributed by atoms with Crippen LogP contribution in [-0.4, -0.2) is 52.7 Å². The molecular formula is C24H36N2O4. The van der Waals surface area contributed by atoms with Crippen molar-refractivity contribution >= 4 is 11.8 Å². The number of amides is 2. The lowest BCUT2D eigenvalue weighted by Gasteiger charge is -2.32. The molecule has 1 aliphatic heterocycles. The molecule has 3 rings (SSSR count). The number of aliphatic hydroxyl groups is 1. The summed E-state index contributed by atoms with van der Waals surface area (Å²) in [5.41, 5.74) is -0.0836. The van der Waals surface area contributed by atoms with Crippen LogP contribution in [0.4, 0.5) is 0 Å². The van der Waals surface area contributed by atoms with Gasteiger partial charge >= 0.3 is 0 Å². The second-order valence-electron chi connectivity index (χ2n) is 9.52. The van der Waals surface area contributed by atoms with Crippen LogP contribution in [0.2, 0.25) is 0 Å². The number of carbonyl (C=O) groups excluding carboxylic acids is 2. The summed E-state index contributed by atoms with van der Waals surface area (Å²) in [6, 6.07) is 7.35. The number of ether oxygens (including phenoxy) is 1. The van der Waals surface area contributed by atoms with Crippen molar-refractivity contribution in [2.45, 2.75) is 83.5 Å². The van der Waals surface area contributed by atoms with Crippen LogP contribution in [0.5, 0.6) is 5.75 Å². The minimum absolute atomic E-state index is 0.0396. The highest BCUT2D eigenvalue weighted by atomic mass is 16.5. The van der Waals surface area contributed by atoms with E-state index in [4.69, 9.17) is 4.74 Å². The maximum absolute atomic E-state index is 12.6. The van der Waals surface area contributed by atoms with Crippen molar-refractivity contribution in [3.8, 4) is 5.75 Å². The molecule has 0 bridgehead atoms. The number of hydrogen-bond donors (Lipinski definition) is 2. The minimum Gasteiger partial charge on any atom is -0.490 e. The molecule has 0 aromatic heterocycles. The molecule has 0 spiro atoms. The van der Waals surface area contributed by atoms with Crippen molar-refractivity contribution in [1.29, 1.82) is 0 Å². The van der Waals surface area contributed by atoms with Crippen LogP contribution < -0.4 is 10.1 Å². The van der Waals surface area contributed by atoms with E-state index in [2.05, 4.69) is 5.32 Å². The van der Waals surface area contributed by atoms with Crippen LogP contribution >= 0.6 is 0 Å². The third-order valence-corrected chi connectivity index (χ3v) is 5.88. The van der Waals surface area contributed by atoms with Crippen molar-refractivity contribution in [3.63, 3.8) is 0 Å². The summed E-state index contributed by atoms with van der Waals surface area (Å²) in [7, 11) is 0. The zero-order valence-corrected chi connectivity index (χ0v) is 18.5. The predicted molar refractivity (Wildman–Crippen MR) is 116 cm³/mol. The summed E-state index contributed by atoms with van der Waals surface area (Å²) in [6.45, 7) is 7.09. The second kappa shape index (κ2) is 9.82. The highest BCUT2D eigenvalue weighted by molar-refractivity contribution is 5.94. The highest BCUT2D eigenvalue weighted by Crippen LogP contribution is 2.32. The molecule has 2 fully saturated rings. The fraction of sp³-hybridized carbons (Fsp3) is 0.667. The highest BCUT2D eigenvalue weighted by Gasteiger charge is 2.35. The molecule has 1 heterocycles. The van der Waals surface area contributed by atoms with E-state index >= 15 is 0 Å². The number of nitrogens with zero attached hydrogens (tertiary/aromatic N) is 1. The van der Waals surface area contributed by atoms with E-state index in [0.29, 0.717) is 23.6 Å². The quantitative estimate of drug-likeness (QED) is 0.646. The lowest BCUT2D eigenvalue weighted by Crippen LogP contribution is -2.42. The topological polar surface area (TPSA) is 78.9 Å². The van der Waals surface area contributed by atoms with Crippen LogP contribution in [0.3, 0.4) is 0 Å². The Labute approximate surface area is 180 Å². The van der Waals surface area contributed by atoms with Gasteiger partial charge in [0.2, 0.25) is 5.91 Å². The monoisotopic (exact) mass is 416 g/mol. The van der Waals surface area contributed by atoms with Crippen LogP contribution in [0.1, 0.15) is 76.1 Å². The summed E-state index contributed by atoms with van der Waals surface area (Å²) >= 11 is 0. The van der Waals surface area contributed by atoms with Crippen LogP contribution in [0, 0.1) is 5.92 Å². The minimum atomic E-state index is -0.670. The smallest absolute Gasteiger partial charge is 0.251 e. The first kappa shape index (κ1) is 22.6.